The molecule has 7 nitrogen and oxygen atoms in total. The molecule has 1 amide bonds. The normalized spacial score (nSPS) is 10.7. The number of ether oxygens (including phenoxy) is 3. The van der Waals surface area contributed by atoms with Gasteiger partial charge in [0.1, 0.15) is 12.9 Å². The van der Waals surface area contributed by atoms with Crippen LogP contribution in [0.2, 0.25) is 0 Å². The predicted octanol–water partition coefficient (Wildman–Crippen LogP) is 1.72. The third-order valence-corrected chi connectivity index (χ3v) is 2.97. The Labute approximate surface area is 146 Å². The van der Waals surface area contributed by atoms with Gasteiger partial charge in [-0.15, -0.1) is 0 Å². The Hall–Kier alpha value is -2.83. The average Bonchev–Trinajstić information content (AvgIpc) is 2.61. The lowest BCUT2D eigenvalue weighted by Gasteiger charge is -2.09. The molecule has 0 fully saturated rings. The Morgan fingerprint density at radius 1 is 1.04 bits per heavy atom. The van der Waals surface area contributed by atoms with Crippen LogP contribution in [0, 0.1) is 0 Å². The quantitative estimate of drug-likeness (QED) is 0.227. The number of esters is 2. The molecule has 0 atom stereocenters. The molecule has 0 radical (unpaired) electrons. The van der Waals surface area contributed by atoms with Crippen LogP contribution in [-0.2, 0) is 35.2 Å². The molecule has 0 saturated carbocycles. The van der Waals surface area contributed by atoms with Crippen molar-refractivity contribution in [1.82, 2.24) is 5.32 Å². The fraction of sp³-hybridized carbons (Fsp3) is 0.389. The molecular weight excluding hydrogens is 326 g/mol. The summed E-state index contributed by atoms with van der Waals surface area (Å²) in [4.78, 5) is 35.4. The van der Waals surface area contributed by atoms with E-state index in [9.17, 15) is 14.4 Å². The molecule has 25 heavy (non-hydrogen) atoms. The summed E-state index contributed by atoms with van der Waals surface area (Å²) in [5, 5.41) is 2.47. The summed E-state index contributed by atoms with van der Waals surface area (Å²) in [6, 6.07) is 9.27. The zero-order valence-electron chi connectivity index (χ0n) is 14.4. The largest absolute Gasteiger partial charge is 0.500 e. The van der Waals surface area contributed by atoms with Crippen molar-refractivity contribution in [3.63, 3.8) is 0 Å². The molecule has 0 spiro atoms. The van der Waals surface area contributed by atoms with Gasteiger partial charge in [-0.1, -0.05) is 30.3 Å². The van der Waals surface area contributed by atoms with Gasteiger partial charge < -0.3 is 19.5 Å². The van der Waals surface area contributed by atoms with Crippen LogP contribution in [0.25, 0.3) is 0 Å². The van der Waals surface area contributed by atoms with Crippen molar-refractivity contribution in [2.24, 2.45) is 0 Å². The first-order valence-electron chi connectivity index (χ1n) is 8.05. The van der Waals surface area contributed by atoms with Gasteiger partial charge in [0, 0.05) is 6.54 Å². The Morgan fingerprint density at radius 2 is 1.76 bits per heavy atom. The van der Waals surface area contributed by atoms with Crippen molar-refractivity contribution >= 4 is 17.8 Å². The van der Waals surface area contributed by atoms with Crippen LogP contribution in [0.5, 0.6) is 0 Å². The highest BCUT2D eigenvalue weighted by atomic mass is 16.5. The van der Waals surface area contributed by atoms with E-state index in [0.29, 0.717) is 6.61 Å². The third-order valence-electron chi connectivity index (χ3n) is 2.97. The van der Waals surface area contributed by atoms with E-state index >= 15 is 0 Å². The Bertz CT molecular complexity index is 597. The molecule has 7 heteroatoms. The molecule has 0 heterocycles. The fourth-order valence-corrected chi connectivity index (χ4v) is 1.75. The molecule has 0 aliphatic carbocycles. The summed E-state index contributed by atoms with van der Waals surface area (Å²) in [6.45, 7) is 4.02. The highest BCUT2D eigenvalue weighted by molar-refractivity contribution is 6.16. The van der Waals surface area contributed by atoms with Crippen LogP contribution in [0.3, 0.4) is 0 Å². The van der Waals surface area contributed by atoms with E-state index in [1.165, 1.54) is 0 Å². The maximum absolute atomic E-state index is 12.0. The topological polar surface area (TPSA) is 90.9 Å². The number of carbonyl (C=O) groups is 3. The van der Waals surface area contributed by atoms with Crippen LogP contribution < -0.4 is 5.32 Å². The lowest BCUT2D eigenvalue weighted by atomic mass is 10.2. The SMILES string of the molecule is CCO/C=C(\C(=O)NCCC(=O)OCc1ccccc1)C(=O)OCC. The van der Waals surface area contributed by atoms with Gasteiger partial charge in [0.05, 0.1) is 19.6 Å². The molecule has 0 aliphatic heterocycles. The van der Waals surface area contributed by atoms with Gasteiger partial charge >= 0.3 is 11.9 Å². The molecule has 1 aromatic rings. The number of amides is 1. The Balaban J connectivity index is 2.40. The molecule has 0 unspecified atom stereocenters. The first-order valence-corrected chi connectivity index (χ1v) is 8.05. The molecule has 0 bridgehead atoms. The van der Waals surface area contributed by atoms with Gasteiger partial charge in [-0.2, -0.15) is 0 Å². The van der Waals surface area contributed by atoms with E-state index in [1.807, 2.05) is 30.3 Å². The number of hydrogen-bond donors (Lipinski definition) is 1. The Kier molecular flexibility index (Phi) is 9.43. The Morgan fingerprint density at radius 3 is 2.40 bits per heavy atom. The van der Waals surface area contributed by atoms with E-state index in [-0.39, 0.29) is 31.8 Å². The molecule has 0 aromatic heterocycles. The number of benzene rings is 1. The van der Waals surface area contributed by atoms with Gasteiger partial charge in [-0.05, 0) is 19.4 Å². The van der Waals surface area contributed by atoms with Crippen LogP contribution in [0.4, 0.5) is 0 Å². The van der Waals surface area contributed by atoms with Gasteiger partial charge in [-0.25, -0.2) is 4.79 Å². The number of carbonyl (C=O) groups excluding carboxylic acids is 3. The van der Waals surface area contributed by atoms with Gasteiger partial charge in [0.15, 0.2) is 5.57 Å². The van der Waals surface area contributed by atoms with Crippen molar-refractivity contribution in [3.8, 4) is 0 Å². The zero-order valence-corrected chi connectivity index (χ0v) is 14.4. The molecule has 0 aliphatic rings. The predicted molar refractivity (Wildman–Crippen MR) is 90.2 cm³/mol. The summed E-state index contributed by atoms with van der Waals surface area (Å²) in [5.41, 5.74) is 0.630. The van der Waals surface area contributed by atoms with Gasteiger partial charge in [0.25, 0.3) is 5.91 Å². The maximum Gasteiger partial charge on any atom is 0.346 e. The minimum absolute atomic E-state index is 0.0106. The van der Waals surface area contributed by atoms with E-state index in [1.54, 1.807) is 13.8 Å². The second-order valence-electron chi connectivity index (χ2n) is 4.86. The van der Waals surface area contributed by atoms with Gasteiger partial charge in [-0.3, -0.25) is 9.59 Å². The second-order valence-corrected chi connectivity index (χ2v) is 4.86. The zero-order chi connectivity index (χ0) is 18.5. The standard InChI is InChI=1S/C18H23NO6/c1-3-23-13-15(18(22)24-4-2)17(21)19-11-10-16(20)25-12-14-8-6-5-7-9-14/h5-9,13H,3-4,10-12H2,1-2H3,(H,19,21)/b15-13+. The maximum atomic E-state index is 12.0. The number of rotatable bonds is 10. The first kappa shape index (κ1) is 20.2. The van der Waals surface area contributed by atoms with E-state index < -0.39 is 17.8 Å². The summed E-state index contributed by atoms with van der Waals surface area (Å²) in [5.74, 6) is -1.89. The summed E-state index contributed by atoms with van der Waals surface area (Å²) in [7, 11) is 0. The molecule has 1 N–H and O–H groups in total. The van der Waals surface area contributed by atoms with Crippen LogP contribution in [0.1, 0.15) is 25.8 Å². The van der Waals surface area contributed by atoms with E-state index in [4.69, 9.17) is 14.2 Å². The van der Waals surface area contributed by atoms with Crippen molar-refractivity contribution < 1.29 is 28.6 Å². The lowest BCUT2D eigenvalue weighted by molar-refractivity contribution is -0.144. The minimum atomic E-state index is -0.778. The number of hydrogen-bond acceptors (Lipinski definition) is 6. The summed E-state index contributed by atoms with van der Waals surface area (Å²) in [6.07, 6.45) is 1.05. The number of nitrogens with one attached hydrogen (secondary N) is 1. The van der Waals surface area contributed by atoms with E-state index in [0.717, 1.165) is 11.8 Å². The minimum Gasteiger partial charge on any atom is -0.500 e. The molecule has 1 aromatic carbocycles. The molecule has 1 rings (SSSR count). The smallest absolute Gasteiger partial charge is 0.346 e. The lowest BCUT2D eigenvalue weighted by Crippen LogP contribution is -2.31. The summed E-state index contributed by atoms with van der Waals surface area (Å²) >= 11 is 0. The van der Waals surface area contributed by atoms with E-state index in [2.05, 4.69) is 5.32 Å². The van der Waals surface area contributed by atoms with Crippen molar-refractivity contribution in [2.45, 2.75) is 26.9 Å². The highest BCUT2D eigenvalue weighted by Gasteiger charge is 2.20. The highest BCUT2D eigenvalue weighted by Crippen LogP contribution is 2.02. The van der Waals surface area contributed by atoms with Crippen molar-refractivity contribution in [2.75, 3.05) is 19.8 Å². The molecule has 136 valence electrons. The molecule has 0 saturated heterocycles. The summed E-state index contributed by atoms with van der Waals surface area (Å²) < 4.78 is 14.9. The fourth-order valence-electron chi connectivity index (χ4n) is 1.75. The molecular formula is C18H23NO6. The van der Waals surface area contributed by atoms with Crippen LogP contribution >= 0.6 is 0 Å². The first-order chi connectivity index (χ1) is 12.1. The van der Waals surface area contributed by atoms with Crippen molar-refractivity contribution in [3.05, 3.63) is 47.7 Å². The average molecular weight is 349 g/mol. The van der Waals surface area contributed by atoms with Crippen LogP contribution in [-0.4, -0.2) is 37.6 Å². The monoisotopic (exact) mass is 349 g/mol. The third kappa shape index (κ3) is 8.01. The van der Waals surface area contributed by atoms with Crippen LogP contribution in [0.15, 0.2) is 42.2 Å². The van der Waals surface area contributed by atoms with Crippen molar-refractivity contribution in [1.29, 1.82) is 0 Å². The second kappa shape index (κ2) is 11.7. The van der Waals surface area contributed by atoms with Gasteiger partial charge in [0.2, 0.25) is 0 Å².